The highest BCUT2D eigenvalue weighted by atomic mass is 32.1. The number of hydrogen-bond donors (Lipinski definition) is 1. The van der Waals surface area contributed by atoms with E-state index in [1.165, 1.54) is 5.56 Å². The summed E-state index contributed by atoms with van der Waals surface area (Å²) in [4.78, 5) is 0. The lowest BCUT2D eigenvalue weighted by molar-refractivity contribution is 0.354. The molecule has 3 nitrogen and oxygen atoms in total. The Hall–Kier alpha value is -1.68. The van der Waals surface area contributed by atoms with Gasteiger partial charge in [-0.15, -0.1) is 0 Å². The second-order valence-corrected chi connectivity index (χ2v) is 4.77. The number of nitrogens with one attached hydrogen (secondary N) is 1. The van der Waals surface area contributed by atoms with Gasteiger partial charge in [-0.25, -0.2) is 0 Å². The first-order valence-corrected chi connectivity index (χ1v) is 6.69. The summed E-state index contributed by atoms with van der Waals surface area (Å²) in [7, 11) is 3.29. The zero-order valence-electron chi connectivity index (χ0n) is 10.8. The fourth-order valence-corrected chi connectivity index (χ4v) is 2.40. The van der Waals surface area contributed by atoms with Gasteiger partial charge in [-0.2, -0.15) is 11.3 Å². The summed E-state index contributed by atoms with van der Waals surface area (Å²) in [6.07, 6.45) is 0. The first-order valence-electron chi connectivity index (χ1n) is 5.75. The van der Waals surface area contributed by atoms with Gasteiger partial charge in [0.2, 0.25) is 0 Å². The van der Waals surface area contributed by atoms with Crippen molar-refractivity contribution in [3.63, 3.8) is 0 Å². The first kappa shape index (κ1) is 12.8. The molecule has 0 amide bonds. The molecule has 1 aromatic carbocycles. The van der Waals surface area contributed by atoms with E-state index in [0.29, 0.717) is 0 Å². The highest BCUT2D eigenvalue weighted by Crippen LogP contribution is 2.31. The van der Waals surface area contributed by atoms with Crippen molar-refractivity contribution in [1.82, 2.24) is 0 Å². The van der Waals surface area contributed by atoms with Crippen LogP contribution in [0.3, 0.4) is 0 Å². The summed E-state index contributed by atoms with van der Waals surface area (Å²) in [6, 6.07) is 8.27. The molecule has 0 saturated heterocycles. The number of anilines is 1. The number of ether oxygens (including phenoxy) is 2. The number of hydrogen-bond acceptors (Lipinski definition) is 4. The van der Waals surface area contributed by atoms with E-state index < -0.39 is 0 Å². The van der Waals surface area contributed by atoms with E-state index in [1.807, 2.05) is 18.2 Å². The van der Waals surface area contributed by atoms with Gasteiger partial charge in [-0.3, -0.25) is 0 Å². The average Bonchev–Trinajstić information content (AvgIpc) is 2.90. The molecule has 0 aliphatic rings. The number of thiophene rings is 1. The summed E-state index contributed by atoms with van der Waals surface area (Å²) in [5.41, 5.74) is 2.31. The zero-order chi connectivity index (χ0) is 13.0. The van der Waals surface area contributed by atoms with E-state index in [0.717, 1.165) is 17.2 Å². The van der Waals surface area contributed by atoms with E-state index in [9.17, 15) is 0 Å². The molecule has 1 N–H and O–H groups in total. The maximum Gasteiger partial charge on any atom is 0.161 e. The fraction of sp³-hybridized carbons (Fsp3) is 0.286. The number of rotatable bonds is 5. The molecular weight excluding hydrogens is 246 g/mol. The van der Waals surface area contributed by atoms with E-state index >= 15 is 0 Å². The van der Waals surface area contributed by atoms with Crippen LogP contribution in [0.2, 0.25) is 0 Å². The molecule has 0 bridgehead atoms. The molecule has 0 aliphatic carbocycles. The Balaban J connectivity index is 2.17. The highest BCUT2D eigenvalue weighted by molar-refractivity contribution is 7.08. The summed E-state index contributed by atoms with van der Waals surface area (Å²) < 4.78 is 10.5. The molecule has 1 unspecified atom stereocenters. The molecule has 0 fully saturated rings. The van der Waals surface area contributed by atoms with Crippen LogP contribution in [0.15, 0.2) is 35.0 Å². The first-order chi connectivity index (χ1) is 8.74. The van der Waals surface area contributed by atoms with Gasteiger partial charge in [0.1, 0.15) is 0 Å². The SMILES string of the molecule is COc1ccc(C(C)Nc2ccsc2)cc1OC. The molecule has 0 spiro atoms. The molecule has 1 atom stereocenters. The third kappa shape index (κ3) is 2.76. The summed E-state index contributed by atoms with van der Waals surface area (Å²) in [5.74, 6) is 1.51. The van der Waals surface area contributed by atoms with Gasteiger partial charge in [0, 0.05) is 17.1 Å². The summed E-state index contributed by atoms with van der Waals surface area (Å²) >= 11 is 1.68. The lowest BCUT2D eigenvalue weighted by Gasteiger charge is -2.16. The van der Waals surface area contributed by atoms with Crippen molar-refractivity contribution in [2.45, 2.75) is 13.0 Å². The van der Waals surface area contributed by atoms with Gasteiger partial charge in [0.05, 0.1) is 14.2 Å². The fourth-order valence-electron chi connectivity index (χ4n) is 1.80. The second kappa shape index (κ2) is 5.78. The van der Waals surface area contributed by atoms with Crippen LogP contribution in [0, 0.1) is 0 Å². The minimum atomic E-state index is 0.222. The van der Waals surface area contributed by atoms with Gasteiger partial charge in [-0.1, -0.05) is 6.07 Å². The van der Waals surface area contributed by atoms with E-state index in [2.05, 4.69) is 29.1 Å². The largest absolute Gasteiger partial charge is 0.493 e. The van der Waals surface area contributed by atoms with Crippen molar-refractivity contribution in [3.8, 4) is 11.5 Å². The Morgan fingerprint density at radius 2 is 1.89 bits per heavy atom. The van der Waals surface area contributed by atoms with Crippen LogP contribution in [0.25, 0.3) is 0 Å². The van der Waals surface area contributed by atoms with Crippen molar-refractivity contribution in [1.29, 1.82) is 0 Å². The predicted octanol–water partition coefficient (Wildman–Crippen LogP) is 3.94. The number of benzene rings is 1. The molecule has 0 aliphatic heterocycles. The summed E-state index contributed by atoms with van der Waals surface area (Å²) in [6.45, 7) is 2.12. The molecule has 0 saturated carbocycles. The van der Waals surface area contributed by atoms with Gasteiger partial charge >= 0.3 is 0 Å². The minimum Gasteiger partial charge on any atom is -0.493 e. The standard InChI is InChI=1S/C14H17NO2S/c1-10(15-12-6-7-18-9-12)11-4-5-13(16-2)14(8-11)17-3/h4-10,15H,1-3H3. The third-order valence-corrected chi connectivity index (χ3v) is 3.50. The molecule has 2 rings (SSSR count). The van der Waals surface area contributed by atoms with Crippen LogP contribution < -0.4 is 14.8 Å². The van der Waals surface area contributed by atoms with Gasteiger partial charge in [0.25, 0.3) is 0 Å². The van der Waals surface area contributed by atoms with E-state index in [-0.39, 0.29) is 6.04 Å². The van der Waals surface area contributed by atoms with Crippen molar-refractivity contribution in [2.75, 3.05) is 19.5 Å². The molecular formula is C14H17NO2S. The number of methoxy groups -OCH3 is 2. The monoisotopic (exact) mass is 263 g/mol. The molecule has 96 valence electrons. The third-order valence-electron chi connectivity index (χ3n) is 2.81. The van der Waals surface area contributed by atoms with E-state index in [1.54, 1.807) is 25.6 Å². The normalized spacial score (nSPS) is 11.9. The second-order valence-electron chi connectivity index (χ2n) is 3.99. The van der Waals surface area contributed by atoms with Crippen molar-refractivity contribution >= 4 is 17.0 Å². The van der Waals surface area contributed by atoms with Gasteiger partial charge in [0.15, 0.2) is 11.5 Å². The van der Waals surface area contributed by atoms with Crippen LogP contribution in [-0.2, 0) is 0 Å². The molecule has 18 heavy (non-hydrogen) atoms. The van der Waals surface area contributed by atoms with Crippen LogP contribution in [0.4, 0.5) is 5.69 Å². The highest BCUT2D eigenvalue weighted by Gasteiger charge is 2.10. The quantitative estimate of drug-likeness (QED) is 0.886. The minimum absolute atomic E-state index is 0.222. The van der Waals surface area contributed by atoms with Crippen LogP contribution >= 0.6 is 11.3 Å². The van der Waals surface area contributed by atoms with E-state index in [4.69, 9.17) is 9.47 Å². The maximum atomic E-state index is 5.31. The average molecular weight is 263 g/mol. The lowest BCUT2D eigenvalue weighted by Crippen LogP contribution is -2.06. The Bertz CT molecular complexity index is 497. The molecule has 4 heteroatoms. The van der Waals surface area contributed by atoms with Crippen LogP contribution in [-0.4, -0.2) is 14.2 Å². The lowest BCUT2D eigenvalue weighted by atomic mass is 10.1. The Morgan fingerprint density at radius 3 is 2.50 bits per heavy atom. The predicted molar refractivity (Wildman–Crippen MR) is 75.9 cm³/mol. The smallest absolute Gasteiger partial charge is 0.161 e. The maximum absolute atomic E-state index is 5.31. The zero-order valence-corrected chi connectivity index (χ0v) is 11.6. The molecule has 1 aromatic heterocycles. The van der Waals surface area contributed by atoms with Crippen molar-refractivity contribution < 1.29 is 9.47 Å². The summed E-state index contributed by atoms with van der Waals surface area (Å²) in [5, 5.41) is 7.59. The topological polar surface area (TPSA) is 30.5 Å². The van der Waals surface area contributed by atoms with Crippen molar-refractivity contribution in [2.24, 2.45) is 0 Å². The molecule has 0 radical (unpaired) electrons. The Kier molecular flexibility index (Phi) is 4.10. The van der Waals surface area contributed by atoms with Crippen molar-refractivity contribution in [3.05, 3.63) is 40.6 Å². The van der Waals surface area contributed by atoms with Crippen LogP contribution in [0.5, 0.6) is 11.5 Å². The Labute approximate surface area is 111 Å². The molecule has 2 aromatic rings. The van der Waals surface area contributed by atoms with Crippen LogP contribution in [0.1, 0.15) is 18.5 Å². The molecule has 1 heterocycles. The van der Waals surface area contributed by atoms with Gasteiger partial charge < -0.3 is 14.8 Å². The Morgan fingerprint density at radius 1 is 1.11 bits per heavy atom. The van der Waals surface area contributed by atoms with Gasteiger partial charge in [-0.05, 0) is 36.1 Å².